The van der Waals surface area contributed by atoms with Crippen LogP contribution in [0, 0.1) is 0 Å². The molecule has 0 radical (unpaired) electrons. The Morgan fingerprint density at radius 2 is 1.88 bits per heavy atom. The molecule has 1 aliphatic rings. The summed E-state index contributed by atoms with van der Waals surface area (Å²) in [6.45, 7) is 0.979. The summed E-state index contributed by atoms with van der Waals surface area (Å²) in [6, 6.07) is 12.2. The lowest BCUT2D eigenvalue weighted by atomic mass is 10.00. The number of aromatic nitrogens is 1. The number of carbonyl (C=O) groups excluding carboxylic acids is 1. The van der Waals surface area contributed by atoms with Gasteiger partial charge in [0.2, 0.25) is 5.91 Å². The van der Waals surface area contributed by atoms with E-state index in [0.717, 1.165) is 12.0 Å². The highest BCUT2D eigenvalue weighted by Crippen LogP contribution is 2.20. The number of amides is 1. The van der Waals surface area contributed by atoms with E-state index in [-0.39, 0.29) is 23.6 Å². The first kappa shape index (κ1) is 16.1. The molecule has 2 heterocycles. The predicted molar refractivity (Wildman–Crippen MR) is 93.0 cm³/mol. The maximum atomic E-state index is 12.7. The predicted octanol–water partition coefficient (Wildman–Crippen LogP) is 1.88. The van der Waals surface area contributed by atoms with E-state index >= 15 is 0 Å². The second-order valence-corrected chi connectivity index (χ2v) is 6.28. The number of aromatic carboxylic acids is 1. The first-order valence-corrected chi connectivity index (χ1v) is 8.24. The van der Waals surface area contributed by atoms with E-state index in [1.807, 2.05) is 18.2 Å². The molecule has 0 unspecified atom stereocenters. The molecular weight excluding hydrogens is 336 g/mol. The van der Waals surface area contributed by atoms with Crippen LogP contribution >= 0.6 is 0 Å². The molecule has 2 aromatic carbocycles. The Labute approximate surface area is 148 Å². The molecule has 1 aliphatic heterocycles. The first-order chi connectivity index (χ1) is 12.5. The van der Waals surface area contributed by atoms with E-state index in [4.69, 9.17) is 9.52 Å². The van der Waals surface area contributed by atoms with Crippen molar-refractivity contribution < 1.29 is 19.1 Å². The monoisotopic (exact) mass is 352 g/mol. The van der Waals surface area contributed by atoms with Crippen molar-refractivity contribution in [3.63, 3.8) is 0 Å². The molecule has 7 nitrogen and oxygen atoms in total. The summed E-state index contributed by atoms with van der Waals surface area (Å²) in [5, 5.41) is 9.03. The number of carbonyl (C=O) groups is 2. The third kappa shape index (κ3) is 2.77. The molecule has 132 valence electrons. The van der Waals surface area contributed by atoms with Crippen molar-refractivity contribution in [3.05, 3.63) is 69.7 Å². The SMILES string of the molecule is O=C(O)c1ccc2c(c1)oc(=O)n2CC(=O)N1CCc2ccccc2C1. The molecular formula is C19H16N2O5. The molecule has 1 amide bonds. The Balaban J connectivity index is 1.59. The molecule has 7 heteroatoms. The number of nitrogens with zero attached hydrogens (tertiary/aromatic N) is 2. The van der Waals surface area contributed by atoms with Gasteiger partial charge in [-0.3, -0.25) is 9.36 Å². The number of benzene rings is 2. The molecule has 0 saturated heterocycles. The fraction of sp³-hybridized carbons (Fsp3) is 0.211. The molecule has 3 aromatic rings. The largest absolute Gasteiger partial charge is 0.478 e. The minimum absolute atomic E-state index is 0.0253. The van der Waals surface area contributed by atoms with Crippen molar-refractivity contribution in [1.82, 2.24) is 9.47 Å². The van der Waals surface area contributed by atoms with Gasteiger partial charge in [-0.2, -0.15) is 0 Å². The van der Waals surface area contributed by atoms with Crippen molar-refractivity contribution in [2.24, 2.45) is 0 Å². The van der Waals surface area contributed by atoms with Crippen LogP contribution in [0.2, 0.25) is 0 Å². The van der Waals surface area contributed by atoms with Crippen molar-refractivity contribution in [3.8, 4) is 0 Å². The number of rotatable bonds is 3. The Morgan fingerprint density at radius 1 is 1.12 bits per heavy atom. The van der Waals surface area contributed by atoms with Crippen molar-refractivity contribution in [2.75, 3.05) is 6.54 Å². The van der Waals surface area contributed by atoms with Gasteiger partial charge >= 0.3 is 11.7 Å². The third-order valence-electron chi connectivity index (χ3n) is 4.69. The van der Waals surface area contributed by atoms with E-state index < -0.39 is 11.7 Å². The van der Waals surface area contributed by atoms with E-state index in [0.29, 0.717) is 18.6 Å². The summed E-state index contributed by atoms with van der Waals surface area (Å²) in [7, 11) is 0. The lowest BCUT2D eigenvalue weighted by Crippen LogP contribution is -2.39. The minimum atomic E-state index is -1.11. The Bertz CT molecular complexity index is 1080. The second-order valence-electron chi connectivity index (χ2n) is 6.28. The lowest BCUT2D eigenvalue weighted by molar-refractivity contribution is -0.132. The molecule has 0 bridgehead atoms. The van der Waals surface area contributed by atoms with Crippen LogP contribution in [0.3, 0.4) is 0 Å². The van der Waals surface area contributed by atoms with E-state index in [2.05, 4.69) is 6.07 Å². The Morgan fingerprint density at radius 3 is 2.65 bits per heavy atom. The smallest absolute Gasteiger partial charge is 0.420 e. The van der Waals surface area contributed by atoms with E-state index in [9.17, 15) is 14.4 Å². The van der Waals surface area contributed by atoms with Gasteiger partial charge in [0.15, 0.2) is 5.58 Å². The van der Waals surface area contributed by atoms with Crippen LogP contribution in [-0.4, -0.2) is 33.0 Å². The van der Waals surface area contributed by atoms with Gasteiger partial charge in [-0.05, 0) is 35.7 Å². The molecule has 1 N–H and O–H groups in total. The van der Waals surface area contributed by atoms with Gasteiger partial charge < -0.3 is 14.4 Å². The maximum Gasteiger partial charge on any atom is 0.420 e. The molecule has 1 aromatic heterocycles. The number of carboxylic acid groups (broad SMARTS) is 1. The molecule has 0 spiro atoms. The summed E-state index contributed by atoms with van der Waals surface area (Å²) >= 11 is 0. The summed E-state index contributed by atoms with van der Waals surface area (Å²) in [4.78, 5) is 37.5. The molecule has 26 heavy (non-hydrogen) atoms. The van der Waals surface area contributed by atoms with Crippen LogP contribution < -0.4 is 5.76 Å². The highest BCUT2D eigenvalue weighted by Gasteiger charge is 2.22. The number of carboxylic acids is 1. The zero-order valence-corrected chi connectivity index (χ0v) is 13.8. The van der Waals surface area contributed by atoms with Crippen LogP contribution in [0.25, 0.3) is 11.1 Å². The Kier molecular flexibility index (Phi) is 3.84. The van der Waals surface area contributed by atoms with Crippen molar-refractivity contribution in [2.45, 2.75) is 19.5 Å². The molecule has 0 saturated carbocycles. The first-order valence-electron chi connectivity index (χ1n) is 8.24. The zero-order valence-electron chi connectivity index (χ0n) is 13.8. The van der Waals surface area contributed by atoms with E-state index in [1.54, 1.807) is 4.90 Å². The van der Waals surface area contributed by atoms with Crippen LogP contribution in [-0.2, 0) is 24.3 Å². The van der Waals surface area contributed by atoms with Crippen LogP contribution in [0.1, 0.15) is 21.5 Å². The fourth-order valence-electron chi connectivity index (χ4n) is 3.29. The molecule has 0 atom stereocenters. The van der Waals surface area contributed by atoms with Gasteiger partial charge in [-0.15, -0.1) is 0 Å². The van der Waals surface area contributed by atoms with Gasteiger partial charge in [0.25, 0.3) is 0 Å². The van der Waals surface area contributed by atoms with Gasteiger partial charge in [0.05, 0.1) is 11.1 Å². The summed E-state index contributed by atoms with van der Waals surface area (Å²) in [5.74, 6) is -1.95. The van der Waals surface area contributed by atoms with Crippen molar-refractivity contribution in [1.29, 1.82) is 0 Å². The van der Waals surface area contributed by atoms with Gasteiger partial charge in [-0.25, -0.2) is 9.59 Å². The van der Waals surface area contributed by atoms with Gasteiger partial charge in [0, 0.05) is 13.1 Å². The van der Waals surface area contributed by atoms with Gasteiger partial charge in [-0.1, -0.05) is 24.3 Å². The highest BCUT2D eigenvalue weighted by molar-refractivity contribution is 5.92. The van der Waals surface area contributed by atoms with Crippen LogP contribution in [0.15, 0.2) is 51.7 Å². The Hall–Kier alpha value is -3.35. The topological polar surface area (TPSA) is 92.7 Å². The standard InChI is InChI=1S/C19H16N2O5/c22-17(20-8-7-12-3-1-2-4-14(12)10-20)11-21-15-6-5-13(18(23)24)9-16(15)26-19(21)25/h1-6,9H,7-8,10-11H2,(H,23,24). The van der Waals surface area contributed by atoms with Gasteiger partial charge in [0.1, 0.15) is 6.54 Å². The molecule has 0 aliphatic carbocycles. The van der Waals surface area contributed by atoms with Crippen LogP contribution in [0.5, 0.6) is 0 Å². The summed E-state index contributed by atoms with van der Waals surface area (Å²) < 4.78 is 6.35. The lowest BCUT2D eigenvalue weighted by Gasteiger charge is -2.28. The number of oxazole rings is 1. The quantitative estimate of drug-likeness (QED) is 0.777. The number of hydrogen-bond acceptors (Lipinski definition) is 4. The van der Waals surface area contributed by atoms with E-state index in [1.165, 1.54) is 28.3 Å². The van der Waals surface area contributed by atoms with Crippen molar-refractivity contribution >= 4 is 23.0 Å². The number of hydrogen-bond donors (Lipinski definition) is 1. The third-order valence-corrected chi connectivity index (χ3v) is 4.69. The average molecular weight is 352 g/mol. The second kappa shape index (κ2) is 6.18. The number of fused-ring (bicyclic) bond motifs is 2. The summed E-state index contributed by atoms with van der Waals surface area (Å²) in [5.41, 5.74) is 2.95. The van der Waals surface area contributed by atoms with Crippen LogP contribution in [0.4, 0.5) is 0 Å². The molecule has 4 rings (SSSR count). The normalized spacial score (nSPS) is 13.6. The fourth-order valence-corrected chi connectivity index (χ4v) is 3.29. The average Bonchev–Trinajstić information content (AvgIpc) is 2.95. The highest BCUT2D eigenvalue weighted by atomic mass is 16.4. The zero-order chi connectivity index (χ0) is 18.3. The summed E-state index contributed by atoms with van der Waals surface area (Å²) in [6.07, 6.45) is 0.783. The minimum Gasteiger partial charge on any atom is -0.478 e. The maximum absolute atomic E-state index is 12.7. The molecule has 0 fully saturated rings.